The van der Waals surface area contributed by atoms with E-state index in [0.717, 1.165) is 29.4 Å². The Labute approximate surface area is 168 Å². The number of phenols is 1. The summed E-state index contributed by atoms with van der Waals surface area (Å²) in [4.78, 5) is 4.52. The van der Waals surface area contributed by atoms with E-state index in [4.69, 9.17) is 0 Å². The average Bonchev–Trinajstić information content (AvgIpc) is 2.61. The van der Waals surface area contributed by atoms with Gasteiger partial charge < -0.3 is 10.2 Å². The third-order valence-corrected chi connectivity index (χ3v) is 7.35. The minimum Gasteiger partial charge on any atom is -0.507 e. The number of phenolic OH excluding ortho intramolecular Hbond substituents is 1. The second-order valence-corrected chi connectivity index (χ2v) is 9.89. The van der Waals surface area contributed by atoms with Crippen molar-refractivity contribution in [1.29, 1.82) is 0 Å². The maximum Gasteiger partial charge on any atom is 0.124 e. The molecule has 0 amide bonds. The fourth-order valence-electron chi connectivity index (χ4n) is 6.23. The number of nitrogens with zero attached hydrogens (tertiary/aromatic N) is 1. The zero-order chi connectivity index (χ0) is 18.6. The minimum absolute atomic E-state index is 0.156. The number of hydrogen-bond donors (Lipinski definition) is 2. The summed E-state index contributed by atoms with van der Waals surface area (Å²) < 4.78 is 0.914. The lowest BCUT2D eigenvalue weighted by Crippen LogP contribution is -2.57. The quantitative estimate of drug-likeness (QED) is 0.638. The van der Waals surface area contributed by atoms with Crippen molar-refractivity contribution < 1.29 is 10.2 Å². The largest absolute Gasteiger partial charge is 0.507 e. The number of aliphatic hydroxyl groups is 1. The van der Waals surface area contributed by atoms with Gasteiger partial charge in [0.15, 0.2) is 0 Å². The van der Waals surface area contributed by atoms with Crippen molar-refractivity contribution in [3.8, 4) is 5.75 Å². The van der Waals surface area contributed by atoms with Gasteiger partial charge >= 0.3 is 0 Å². The lowest BCUT2D eigenvalue weighted by atomic mass is 9.46. The highest BCUT2D eigenvalue weighted by molar-refractivity contribution is 9.10. The first-order valence-electron chi connectivity index (χ1n) is 9.79. The Morgan fingerprint density at radius 2 is 1.70 bits per heavy atom. The van der Waals surface area contributed by atoms with Crippen LogP contribution >= 0.6 is 15.9 Å². The van der Waals surface area contributed by atoms with Crippen molar-refractivity contribution >= 4 is 27.8 Å². The fraction of sp³-hybridized carbons (Fsp3) is 0.435. The molecule has 4 aliphatic rings. The number of aliphatic imine (C=N–C) groups is 1. The average molecular weight is 426 g/mol. The maximum absolute atomic E-state index is 11.0. The van der Waals surface area contributed by atoms with Crippen molar-refractivity contribution in [2.45, 2.75) is 49.5 Å². The van der Waals surface area contributed by atoms with E-state index in [1.165, 1.54) is 24.8 Å². The highest BCUT2D eigenvalue weighted by Gasteiger charge is 2.57. The summed E-state index contributed by atoms with van der Waals surface area (Å²) in [6, 6.07) is 13.8. The van der Waals surface area contributed by atoms with Gasteiger partial charge in [-0.05, 0) is 91.7 Å². The Balaban J connectivity index is 1.39. The molecule has 0 saturated heterocycles. The van der Waals surface area contributed by atoms with E-state index >= 15 is 0 Å². The molecule has 6 rings (SSSR count). The van der Waals surface area contributed by atoms with Crippen molar-refractivity contribution in [1.82, 2.24) is 0 Å². The molecule has 140 valence electrons. The molecule has 2 atom stereocenters. The topological polar surface area (TPSA) is 52.8 Å². The van der Waals surface area contributed by atoms with Gasteiger partial charge in [0.05, 0.1) is 11.3 Å². The van der Waals surface area contributed by atoms with Gasteiger partial charge in [0.1, 0.15) is 5.75 Å². The van der Waals surface area contributed by atoms with E-state index in [0.29, 0.717) is 17.4 Å². The lowest BCUT2D eigenvalue weighted by Gasteiger charge is -2.60. The molecule has 2 aromatic rings. The smallest absolute Gasteiger partial charge is 0.124 e. The van der Waals surface area contributed by atoms with Crippen LogP contribution in [0.15, 0.2) is 51.9 Å². The van der Waals surface area contributed by atoms with E-state index in [-0.39, 0.29) is 11.2 Å². The van der Waals surface area contributed by atoms with Crippen LogP contribution in [0.25, 0.3) is 0 Å². The second-order valence-electron chi connectivity index (χ2n) is 8.97. The number of rotatable bonds is 3. The van der Waals surface area contributed by atoms with Crippen LogP contribution in [0, 0.1) is 11.8 Å². The molecule has 4 aliphatic carbocycles. The van der Waals surface area contributed by atoms with Crippen LogP contribution < -0.4 is 0 Å². The Morgan fingerprint density at radius 1 is 1.00 bits per heavy atom. The van der Waals surface area contributed by atoms with Gasteiger partial charge in [-0.2, -0.15) is 0 Å². The molecule has 2 aromatic carbocycles. The molecule has 4 heteroatoms. The first-order chi connectivity index (χ1) is 12.9. The molecule has 0 aromatic heterocycles. The molecule has 0 unspecified atom stereocenters. The summed E-state index contributed by atoms with van der Waals surface area (Å²) in [5.41, 5.74) is 2.65. The summed E-state index contributed by atoms with van der Waals surface area (Å²) in [7, 11) is 0. The van der Waals surface area contributed by atoms with Crippen LogP contribution in [0.2, 0.25) is 0 Å². The highest BCUT2D eigenvalue weighted by Crippen LogP contribution is 2.62. The standard InChI is InChI=1S/C23H24BrNO2/c24-19-3-6-21(26)17(8-19)13-25-20-4-1-18(2-5-20)22-9-15-7-16(10-22)12-23(27,11-15)14-22/h1-6,8,13,15-16,26-27H,7,9-12,14H2/t15-,16-,22?,23?/m0/s1. The molecule has 0 radical (unpaired) electrons. The maximum atomic E-state index is 11.0. The van der Waals surface area contributed by atoms with E-state index in [1.54, 1.807) is 18.3 Å². The Kier molecular flexibility index (Phi) is 3.99. The summed E-state index contributed by atoms with van der Waals surface area (Å²) in [5, 5.41) is 20.9. The van der Waals surface area contributed by atoms with Crippen molar-refractivity contribution in [3.63, 3.8) is 0 Å². The molecule has 0 spiro atoms. The normalized spacial score (nSPS) is 34.4. The Bertz CT molecular complexity index is 891. The highest BCUT2D eigenvalue weighted by atomic mass is 79.9. The number of halogens is 1. The summed E-state index contributed by atoms with van der Waals surface area (Å²) in [6.45, 7) is 0. The minimum atomic E-state index is -0.431. The molecule has 27 heavy (non-hydrogen) atoms. The molecule has 0 heterocycles. The predicted octanol–water partition coefficient (Wildman–Crippen LogP) is 5.49. The van der Waals surface area contributed by atoms with E-state index in [2.05, 4.69) is 45.2 Å². The van der Waals surface area contributed by atoms with Crippen molar-refractivity contribution in [2.75, 3.05) is 0 Å². The third kappa shape index (κ3) is 3.13. The fourth-order valence-corrected chi connectivity index (χ4v) is 6.60. The van der Waals surface area contributed by atoms with Gasteiger partial charge in [-0.15, -0.1) is 0 Å². The van der Waals surface area contributed by atoms with Crippen LogP contribution in [0.4, 0.5) is 5.69 Å². The molecular weight excluding hydrogens is 402 g/mol. The summed E-state index contributed by atoms with van der Waals surface area (Å²) >= 11 is 3.42. The lowest BCUT2D eigenvalue weighted by molar-refractivity contribution is -0.136. The molecule has 4 fully saturated rings. The molecule has 3 nitrogen and oxygen atoms in total. The molecule has 4 bridgehead atoms. The predicted molar refractivity (Wildman–Crippen MR) is 111 cm³/mol. The van der Waals surface area contributed by atoms with E-state index in [1.807, 2.05) is 6.07 Å². The van der Waals surface area contributed by atoms with Crippen LogP contribution in [0.5, 0.6) is 5.75 Å². The number of aromatic hydroxyl groups is 1. The van der Waals surface area contributed by atoms with Gasteiger partial charge in [0.25, 0.3) is 0 Å². The van der Waals surface area contributed by atoms with Gasteiger partial charge in [0.2, 0.25) is 0 Å². The van der Waals surface area contributed by atoms with Gasteiger partial charge in [0, 0.05) is 16.3 Å². The molecule has 0 aliphatic heterocycles. The monoisotopic (exact) mass is 425 g/mol. The summed E-state index contributed by atoms with van der Waals surface area (Å²) in [6.07, 6.45) is 8.38. The Morgan fingerprint density at radius 3 is 2.37 bits per heavy atom. The Hall–Kier alpha value is -1.65. The van der Waals surface area contributed by atoms with E-state index < -0.39 is 5.60 Å². The molecular formula is C23H24BrNO2. The van der Waals surface area contributed by atoms with Crippen molar-refractivity contribution in [3.05, 3.63) is 58.1 Å². The van der Waals surface area contributed by atoms with Crippen LogP contribution in [-0.2, 0) is 5.41 Å². The van der Waals surface area contributed by atoms with Crippen molar-refractivity contribution in [2.24, 2.45) is 16.8 Å². The molecule has 4 saturated carbocycles. The third-order valence-electron chi connectivity index (χ3n) is 6.85. The number of hydrogen-bond acceptors (Lipinski definition) is 3. The van der Waals surface area contributed by atoms with Gasteiger partial charge in [-0.3, -0.25) is 4.99 Å². The van der Waals surface area contributed by atoms with Crippen LogP contribution in [-0.4, -0.2) is 22.0 Å². The second kappa shape index (κ2) is 6.18. The molecule has 2 N–H and O–H groups in total. The zero-order valence-electron chi connectivity index (χ0n) is 15.2. The SMILES string of the molecule is Oc1ccc(Br)cc1C=Nc1ccc(C23C[C@@H]4C[C@H](CC(O)(C4)C2)C3)cc1. The van der Waals surface area contributed by atoms with Crippen LogP contribution in [0.3, 0.4) is 0 Å². The van der Waals surface area contributed by atoms with Crippen LogP contribution in [0.1, 0.15) is 49.7 Å². The van der Waals surface area contributed by atoms with Gasteiger partial charge in [-0.25, -0.2) is 0 Å². The van der Waals surface area contributed by atoms with E-state index in [9.17, 15) is 10.2 Å². The zero-order valence-corrected chi connectivity index (χ0v) is 16.8. The van der Waals surface area contributed by atoms with Gasteiger partial charge in [-0.1, -0.05) is 28.1 Å². The first kappa shape index (κ1) is 17.4. The first-order valence-corrected chi connectivity index (χ1v) is 10.6. The number of benzene rings is 2. The summed E-state index contributed by atoms with van der Waals surface area (Å²) in [5.74, 6) is 1.60.